The second-order valence-electron chi connectivity index (χ2n) is 4.51. The molecule has 1 atom stereocenters. The van der Waals surface area contributed by atoms with E-state index in [9.17, 15) is 0 Å². The van der Waals surface area contributed by atoms with E-state index in [2.05, 4.69) is 63.9 Å². The number of rotatable bonds is 5. The van der Waals surface area contributed by atoms with Gasteiger partial charge in [-0.3, -0.25) is 0 Å². The maximum Gasteiger partial charge on any atom is 0.0314 e. The Hall–Kier alpha value is -0.640. The minimum Gasteiger partial charge on any atom is -0.319 e. The highest BCUT2D eigenvalue weighted by atomic mass is 79.9. The predicted molar refractivity (Wildman–Crippen MR) is 83.6 cm³/mol. The zero-order chi connectivity index (χ0) is 13.0. The van der Waals surface area contributed by atoms with Gasteiger partial charge in [-0.1, -0.05) is 24.3 Å². The molecule has 0 radical (unpaired) electrons. The second-order valence-corrected chi connectivity index (χ2v) is 6.36. The summed E-state index contributed by atoms with van der Waals surface area (Å²) in [6, 6.07) is 10.8. The van der Waals surface area contributed by atoms with Crippen LogP contribution in [-0.4, -0.2) is 13.6 Å². The quantitative estimate of drug-likeness (QED) is 0.861. The molecule has 1 N–H and O–H groups in total. The fraction of sp³-hybridized carbons (Fsp3) is 0.333. The highest BCUT2D eigenvalue weighted by molar-refractivity contribution is 9.10. The van der Waals surface area contributed by atoms with Gasteiger partial charge in [0.1, 0.15) is 0 Å². The van der Waals surface area contributed by atoms with Crippen LogP contribution < -0.4 is 5.32 Å². The van der Waals surface area contributed by atoms with Gasteiger partial charge in [-0.15, -0.1) is 11.3 Å². The van der Waals surface area contributed by atoms with E-state index in [0.29, 0.717) is 5.92 Å². The average molecular weight is 324 g/mol. The molecule has 0 bridgehead atoms. The van der Waals surface area contributed by atoms with Crippen LogP contribution in [0.4, 0.5) is 0 Å². The molecule has 1 aromatic carbocycles. The lowest BCUT2D eigenvalue weighted by atomic mass is 9.91. The topological polar surface area (TPSA) is 12.0 Å². The highest BCUT2D eigenvalue weighted by Crippen LogP contribution is 2.30. The van der Waals surface area contributed by atoms with Crippen molar-refractivity contribution in [2.75, 3.05) is 13.6 Å². The normalized spacial score (nSPS) is 12.6. The first-order valence-electron chi connectivity index (χ1n) is 6.14. The van der Waals surface area contributed by atoms with Gasteiger partial charge in [0.2, 0.25) is 0 Å². The van der Waals surface area contributed by atoms with E-state index in [4.69, 9.17) is 0 Å². The van der Waals surface area contributed by atoms with Crippen LogP contribution in [0.15, 0.2) is 40.2 Å². The summed E-state index contributed by atoms with van der Waals surface area (Å²) in [5, 5.41) is 5.46. The van der Waals surface area contributed by atoms with E-state index in [1.807, 2.05) is 18.4 Å². The van der Waals surface area contributed by atoms with Crippen molar-refractivity contribution in [1.29, 1.82) is 0 Å². The third kappa shape index (κ3) is 3.22. The Balaban J connectivity index is 2.24. The van der Waals surface area contributed by atoms with Crippen molar-refractivity contribution in [3.05, 3.63) is 56.2 Å². The van der Waals surface area contributed by atoms with E-state index < -0.39 is 0 Å². The first-order valence-corrected chi connectivity index (χ1v) is 7.81. The SMILES string of the molecule is CNCC(Cc1sccc1Br)c1ccccc1C. The molecule has 0 saturated heterocycles. The third-order valence-corrected chi connectivity index (χ3v) is 5.15. The van der Waals surface area contributed by atoms with Gasteiger partial charge in [0.15, 0.2) is 0 Å². The summed E-state index contributed by atoms with van der Waals surface area (Å²) in [6.07, 6.45) is 1.09. The van der Waals surface area contributed by atoms with Crippen LogP contribution in [0.2, 0.25) is 0 Å². The van der Waals surface area contributed by atoms with Crippen LogP contribution in [0.1, 0.15) is 21.9 Å². The molecule has 0 saturated carbocycles. The Bertz CT molecular complexity index is 507. The molecule has 2 rings (SSSR count). The van der Waals surface area contributed by atoms with Crippen LogP contribution >= 0.6 is 27.3 Å². The van der Waals surface area contributed by atoms with Crippen molar-refractivity contribution < 1.29 is 0 Å². The summed E-state index contributed by atoms with van der Waals surface area (Å²) in [4.78, 5) is 1.43. The molecule has 0 aliphatic heterocycles. The Kier molecular flexibility index (Phi) is 4.98. The molecule has 2 aromatic rings. The third-order valence-electron chi connectivity index (χ3n) is 3.20. The smallest absolute Gasteiger partial charge is 0.0314 e. The Morgan fingerprint density at radius 2 is 2.06 bits per heavy atom. The zero-order valence-electron chi connectivity index (χ0n) is 10.7. The molecule has 1 nitrogen and oxygen atoms in total. The van der Waals surface area contributed by atoms with E-state index in [0.717, 1.165) is 13.0 Å². The van der Waals surface area contributed by atoms with Gasteiger partial charge < -0.3 is 5.32 Å². The summed E-state index contributed by atoms with van der Waals surface area (Å²) >= 11 is 5.46. The van der Waals surface area contributed by atoms with Gasteiger partial charge in [0.25, 0.3) is 0 Å². The summed E-state index contributed by atoms with van der Waals surface area (Å²) in [5.74, 6) is 0.533. The minimum atomic E-state index is 0.533. The lowest BCUT2D eigenvalue weighted by Gasteiger charge is -2.18. The van der Waals surface area contributed by atoms with Gasteiger partial charge in [0, 0.05) is 21.8 Å². The Morgan fingerprint density at radius 1 is 1.28 bits per heavy atom. The minimum absolute atomic E-state index is 0.533. The van der Waals surface area contributed by atoms with Gasteiger partial charge in [-0.05, 0) is 58.9 Å². The first kappa shape index (κ1) is 13.8. The van der Waals surface area contributed by atoms with E-state index in [1.54, 1.807) is 0 Å². The monoisotopic (exact) mass is 323 g/mol. The van der Waals surface area contributed by atoms with Gasteiger partial charge in [-0.25, -0.2) is 0 Å². The lowest BCUT2D eigenvalue weighted by molar-refractivity contribution is 0.626. The van der Waals surface area contributed by atoms with Crippen molar-refractivity contribution in [3.63, 3.8) is 0 Å². The molecule has 3 heteroatoms. The van der Waals surface area contributed by atoms with Crippen LogP contribution in [0.25, 0.3) is 0 Å². The summed E-state index contributed by atoms with van der Waals surface area (Å²) in [5.41, 5.74) is 2.83. The number of thiophene rings is 1. The maximum absolute atomic E-state index is 3.63. The van der Waals surface area contributed by atoms with Gasteiger partial charge >= 0.3 is 0 Å². The molecule has 0 aliphatic carbocycles. The summed E-state index contributed by atoms with van der Waals surface area (Å²) in [7, 11) is 2.02. The molecule has 0 aliphatic rings. The van der Waals surface area contributed by atoms with Gasteiger partial charge in [0.05, 0.1) is 0 Å². The van der Waals surface area contributed by atoms with E-state index >= 15 is 0 Å². The number of benzene rings is 1. The lowest BCUT2D eigenvalue weighted by Crippen LogP contribution is -2.19. The zero-order valence-corrected chi connectivity index (χ0v) is 13.1. The number of likely N-dealkylation sites (N-methyl/N-ethyl adjacent to an activating group) is 1. The second kappa shape index (κ2) is 6.50. The molecule has 0 amide bonds. The van der Waals surface area contributed by atoms with Crippen molar-refractivity contribution in [1.82, 2.24) is 5.32 Å². The van der Waals surface area contributed by atoms with Crippen molar-refractivity contribution in [2.24, 2.45) is 0 Å². The van der Waals surface area contributed by atoms with Crippen LogP contribution in [0, 0.1) is 6.92 Å². The van der Waals surface area contributed by atoms with Crippen molar-refractivity contribution in [3.8, 4) is 0 Å². The number of hydrogen-bond donors (Lipinski definition) is 1. The molecule has 1 unspecified atom stereocenters. The summed E-state index contributed by atoms with van der Waals surface area (Å²) < 4.78 is 1.24. The predicted octanol–water partition coefficient (Wildman–Crippen LogP) is 4.36. The molecule has 1 heterocycles. The molecule has 18 heavy (non-hydrogen) atoms. The standard InChI is InChI=1S/C15H18BrNS/c1-11-5-3-4-6-13(11)12(10-17-2)9-15-14(16)7-8-18-15/h3-8,12,17H,9-10H2,1-2H3. The number of nitrogens with one attached hydrogen (secondary N) is 1. The van der Waals surface area contributed by atoms with Crippen LogP contribution in [-0.2, 0) is 6.42 Å². The first-order chi connectivity index (χ1) is 8.72. The molecular formula is C15H18BrNS. The fourth-order valence-corrected chi connectivity index (χ4v) is 3.87. The van der Waals surface area contributed by atoms with Crippen molar-refractivity contribution in [2.45, 2.75) is 19.3 Å². The maximum atomic E-state index is 3.63. The van der Waals surface area contributed by atoms with Crippen LogP contribution in [0.5, 0.6) is 0 Å². The van der Waals surface area contributed by atoms with E-state index in [1.165, 1.54) is 20.5 Å². The fourth-order valence-electron chi connectivity index (χ4n) is 2.28. The average Bonchev–Trinajstić information content (AvgIpc) is 2.75. The van der Waals surface area contributed by atoms with Gasteiger partial charge in [-0.2, -0.15) is 0 Å². The highest BCUT2D eigenvalue weighted by Gasteiger charge is 2.15. The number of halogens is 1. The molecule has 1 aromatic heterocycles. The van der Waals surface area contributed by atoms with Crippen LogP contribution in [0.3, 0.4) is 0 Å². The Morgan fingerprint density at radius 3 is 2.67 bits per heavy atom. The van der Waals surface area contributed by atoms with E-state index in [-0.39, 0.29) is 0 Å². The molecule has 96 valence electrons. The molecule has 0 fully saturated rings. The summed E-state index contributed by atoms with van der Waals surface area (Å²) in [6.45, 7) is 3.21. The largest absolute Gasteiger partial charge is 0.319 e. The molecular weight excluding hydrogens is 306 g/mol. The van der Waals surface area contributed by atoms with Crippen molar-refractivity contribution >= 4 is 27.3 Å². The number of aryl methyl sites for hydroxylation is 1. The molecule has 0 spiro atoms. The number of hydrogen-bond acceptors (Lipinski definition) is 2. The Labute approximate surface area is 121 Å².